The SMILES string of the molecule is CC#N.F[B-](F)(F)F.F[B-](F)(F)F.[Pd+2]. The Labute approximate surface area is 88.3 Å². The average Bonchev–Trinajstić information content (AvgIpc) is 1.52. The van der Waals surface area contributed by atoms with Gasteiger partial charge in [0.1, 0.15) is 0 Å². The molecule has 0 aliphatic carbocycles. The summed E-state index contributed by atoms with van der Waals surface area (Å²) in [6, 6.07) is 1.75. The predicted molar refractivity (Wildman–Crippen MR) is 31.7 cm³/mol. The summed E-state index contributed by atoms with van der Waals surface area (Å²) in [5.41, 5.74) is 0. The summed E-state index contributed by atoms with van der Waals surface area (Å²) < 4.78 is 78.0. The van der Waals surface area contributed by atoms with Gasteiger partial charge in [-0.15, -0.1) is 0 Å². The third-order valence-corrected chi connectivity index (χ3v) is 0. The summed E-state index contributed by atoms with van der Waals surface area (Å²) in [5, 5.41) is 7.32. The summed E-state index contributed by atoms with van der Waals surface area (Å²) in [6.45, 7) is 1.43. The Balaban J connectivity index is -0.0000000535. The van der Waals surface area contributed by atoms with Crippen molar-refractivity contribution in [3.8, 4) is 6.07 Å². The summed E-state index contributed by atoms with van der Waals surface area (Å²) in [7, 11) is -12.0. The maximum Gasteiger partial charge on any atom is 2.00 e. The zero-order chi connectivity index (χ0) is 11.7. The number of nitriles is 1. The minimum Gasteiger partial charge on any atom is -0.418 e. The largest absolute Gasteiger partial charge is 2.00 e. The summed E-state index contributed by atoms with van der Waals surface area (Å²) in [4.78, 5) is 0. The molecule has 0 N–H and O–H groups in total. The van der Waals surface area contributed by atoms with Crippen molar-refractivity contribution in [2.75, 3.05) is 0 Å². The fourth-order valence-corrected chi connectivity index (χ4v) is 0. The molecule has 0 saturated heterocycles. The molecule has 0 aromatic rings. The van der Waals surface area contributed by atoms with Gasteiger partial charge in [-0.25, -0.2) is 0 Å². The molecular weight excluding hydrogens is 318 g/mol. The molecule has 0 spiro atoms. The molecule has 0 radical (unpaired) electrons. The van der Waals surface area contributed by atoms with Crippen molar-refractivity contribution in [1.82, 2.24) is 0 Å². The number of rotatable bonds is 0. The fraction of sp³-hybridized carbons (Fsp3) is 0.500. The van der Waals surface area contributed by atoms with Gasteiger partial charge in [0.05, 0.1) is 6.07 Å². The van der Waals surface area contributed by atoms with E-state index in [1.807, 2.05) is 0 Å². The van der Waals surface area contributed by atoms with E-state index in [1.165, 1.54) is 6.92 Å². The van der Waals surface area contributed by atoms with E-state index in [1.54, 1.807) is 6.07 Å². The quantitative estimate of drug-likeness (QED) is 0.497. The molecule has 0 amide bonds. The molecule has 0 aliphatic rings. The molecule has 14 heavy (non-hydrogen) atoms. The van der Waals surface area contributed by atoms with E-state index in [0.29, 0.717) is 0 Å². The van der Waals surface area contributed by atoms with Crippen molar-refractivity contribution in [2.45, 2.75) is 6.92 Å². The number of nitrogens with zero attached hydrogens (tertiary/aromatic N) is 1. The van der Waals surface area contributed by atoms with Gasteiger partial charge in [0.2, 0.25) is 0 Å². The van der Waals surface area contributed by atoms with Crippen LogP contribution in [0.3, 0.4) is 0 Å². The molecule has 12 heteroatoms. The topological polar surface area (TPSA) is 23.8 Å². The van der Waals surface area contributed by atoms with Crippen LogP contribution in [-0.2, 0) is 20.4 Å². The molecule has 0 heterocycles. The van der Waals surface area contributed by atoms with Crippen LogP contribution in [0.25, 0.3) is 0 Å². The van der Waals surface area contributed by atoms with Gasteiger partial charge in [-0.2, -0.15) is 5.26 Å². The zero-order valence-electron chi connectivity index (χ0n) is 6.44. The van der Waals surface area contributed by atoms with Crippen molar-refractivity contribution >= 4 is 14.5 Å². The van der Waals surface area contributed by atoms with Crippen LogP contribution in [-0.4, -0.2) is 14.5 Å². The van der Waals surface area contributed by atoms with Crippen LogP contribution in [0.5, 0.6) is 0 Å². The minimum atomic E-state index is -6.00. The van der Waals surface area contributed by atoms with Gasteiger partial charge < -0.3 is 34.5 Å². The van der Waals surface area contributed by atoms with E-state index < -0.39 is 14.5 Å². The Hall–Kier alpha value is -0.278. The molecule has 0 atom stereocenters. The smallest absolute Gasteiger partial charge is 0.418 e. The number of hydrogen-bond acceptors (Lipinski definition) is 1. The Morgan fingerprint density at radius 1 is 0.786 bits per heavy atom. The maximum absolute atomic E-state index is 9.75. The second-order valence-corrected chi connectivity index (χ2v) is 1.21. The van der Waals surface area contributed by atoms with E-state index in [9.17, 15) is 34.5 Å². The van der Waals surface area contributed by atoms with Gasteiger partial charge in [-0.1, -0.05) is 0 Å². The molecule has 88 valence electrons. The van der Waals surface area contributed by atoms with Gasteiger partial charge in [-0.3, -0.25) is 0 Å². The normalized spacial score (nSPS) is 9.14. The van der Waals surface area contributed by atoms with Gasteiger partial charge in [0.15, 0.2) is 0 Å². The molecule has 0 aromatic carbocycles. The van der Waals surface area contributed by atoms with Crippen molar-refractivity contribution in [3.63, 3.8) is 0 Å². The minimum absolute atomic E-state index is 0. The maximum atomic E-state index is 9.75. The summed E-state index contributed by atoms with van der Waals surface area (Å²) in [6.07, 6.45) is 0. The summed E-state index contributed by atoms with van der Waals surface area (Å²) in [5.74, 6) is 0. The van der Waals surface area contributed by atoms with E-state index in [-0.39, 0.29) is 20.4 Å². The van der Waals surface area contributed by atoms with E-state index in [0.717, 1.165) is 0 Å². The predicted octanol–water partition coefficient (Wildman–Crippen LogP) is 3.13. The molecule has 0 fully saturated rings. The molecular formula is C2H3B2F8NPd. The fourth-order valence-electron chi connectivity index (χ4n) is 0. The van der Waals surface area contributed by atoms with Crippen molar-refractivity contribution < 1.29 is 54.9 Å². The molecule has 0 unspecified atom stereocenters. The van der Waals surface area contributed by atoms with Gasteiger partial charge in [-0.05, 0) is 0 Å². The Morgan fingerprint density at radius 2 is 0.786 bits per heavy atom. The average molecular weight is 321 g/mol. The second-order valence-electron chi connectivity index (χ2n) is 1.21. The van der Waals surface area contributed by atoms with Crippen molar-refractivity contribution in [1.29, 1.82) is 5.26 Å². The first kappa shape index (κ1) is 23.5. The van der Waals surface area contributed by atoms with Crippen molar-refractivity contribution in [2.24, 2.45) is 0 Å². The third kappa shape index (κ3) is 17500. The Kier molecular flexibility index (Phi) is 18.1. The van der Waals surface area contributed by atoms with E-state index in [2.05, 4.69) is 0 Å². The molecule has 1 nitrogen and oxygen atoms in total. The molecule has 0 aromatic heterocycles. The molecule has 0 bridgehead atoms. The van der Waals surface area contributed by atoms with E-state index >= 15 is 0 Å². The van der Waals surface area contributed by atoms with Gasteiger partial charge in [0.25, 0.3) is 0 Å². The monoisotopic (exact) mass is 321 g/mol. The zero-order valence-corrected chi connectivity index (χ0v) is 8.00. The van der Waals surface area contributed by atoms with Crippen LogP contribution in [0, 0.1) is 11.3 Å². The first-order chi connectivity index (χ1) is 5.41. The molecule has 0 aliphatic heterocycles. The first-order valence-electron chi connectivity index (χ1n) is 2.47. The molecule has 0 rings (SSSR count). The van der Waals surface area contributed by atoms with Crippen LogP contribution in [0.15, 0.2) is 0 Å². The van der Waals surface area contributed by atoms with Crippen LogP contribution >= 0.6 is 0 Å². The Bertz CT molecular complexity index is 123. The van der Waals surface area contributed by atoms with E-state index in [4.69, 9.17) is 5.26 Å². The van der Waals surface area contributed by atoms with Crippen LogP contribution in [0.2, 0.25) is 0 Å². The van der Waals surface area contributed by atoms with Gasteiger partial charge >= 0.3 is 34.9 Å². The number of halogens is 8. The van der Waals surface area contributed by atoms with Crippen LogP contribution < -0.4 is 0 Å². The summed E-state index contributed by atoms with van der Waals surface area (Å²) >= 11 is 0. The molecule has 0 saturated carbocycles. The van der Waals surface area contributed by atoms with Gasteiger partial charge in [0, 0.05) is 6.92 Å². The van der Waals surface area contributed by atoms with Crippen LogP contribution in [0.1, 0.15) is 6.92 Å². The third-order valence-electron chi connectivity index (χ3n) is 0. The Morgan fingerprint density at radius 3 is 0.786 bits per heavy atom. The first-order valence-corrected chi connectivity index (χ1v) is 2.47. The van der Waals surface area contributed by atoms with Crippen molar-refractivity contribution in [3.05, 3.63) is 0 Å². The standard InChI is InChI=1S/C2H3N.2BF4.Pd/c1-2-3;2*2-1(3,4)5;/h1H3;;;/q;2*-1;+2. The van der Waals surface area contributed by atoms with Crippen LogP contribution in [0.4, 0.5) is 34.5 Å². The second kappa shape index (κ2) is 10.8. The number of hydrogen-bond donors (Lipinski definition) is 0.